The van der Waals surface area contributed by atoms with Crippen molar-refractivity contribution in [3.05, 3.63) is 78.1 Å². The summed E-state index contributed by atoms with van der Waals surface area (Å²) in [6.07, 6.45) is 7.05. The zero-order valence-corrected chi connectivity index (χ0v) is 17.1. The van der Waals surface area contributed by atoms with Crippen molar-refractivity contribution in [1.82, 2.24) is 14.5 Å². The number of piperidine rings is 1. The molecule has 5 nitrogen and oxygen atoms in total. The molecule has 0 aliphatic carbocycles. The molecule has 0 N–H and O–H groups in total. The highest BCUT2D eigenvalue weighted by Gasteiger charge is 2.28. The third-order valence-electron chi connectivity index (χ3n) is 5.37. The van der Waals surface area contributed by atoms with Gasteiger partial charge in [0.1, 0.15) is 0 Å². The van der Waals surface area contributed by atoms with Crippen molar-refractivity contribution in [2.24, 2.45) is 5.92 Å². The number of nitrogens with zero attached hydrogens (tertiary/aromatic N) is 3. The van der Waals surface area contributed by atoms with Crippen LogP contribution in [0.15, 0.2) is 72.1 Å². The molecule has 3 aromatic rings. The Morgan fingerprint density at radius 1 is 1.00 bits per heavy atom. The zero-order valence-electron chi connectivity index (χ0n) is 16.3. The summed E-state index contributed by atoms with van der Waals surface area (Å²) in [4.78, 5) is 31.9. The number of carbonyl (C=O) groups excluding carboxylic acids is 2. The molecule has 2 heterocycles. The van der Waals surface area contributed by atoms with E-state index in [1.165, 1.54) is 0 Å². The number of aromatic nitrogens is 2. The van der Waals surface area contributed by atoms with Gasteiger partial charge >= 0.3 is 0 Å². The van der Waals surface area contributed by atoms with Crippen LogP contribution >= 0.6 is 11.8 Å². The number of Topliss-reactive ketones (excluding diaryl/α,β-unsaturated/α-hetero) is 1. The molecule has 1 aliphatic heterocycles. The SMILES string of the molecule is CSc1nccn1-c1cccc(C(=O)N2CCC(C(=O)c3ccccc3)CC2)c1. The van der Waals surface area contributed by atoms with Crippen molar-refractivity contribution in [2.45, 2.75) is 18.0 Å². The van der Waals surface area contributed by atoms with Crippen LogP contribution < -0.4 is 0 Å². The van der Waals surface area contributed by atoms with Gasteiger partial charge in [-0.25, -0.2) is 4.98 Å². The number of rotatable bonds is 5. The smallest absolute Gasteiger partial charge is 0.253 e. The van der Waals surface area contributed by atoms with Crippen LogP contribution in [-0.2, 0) is 0 Å². The number of hydrogen-bond donors (Lipinski definition) is 0. The number of likely N-dealkylation sites (tertiary alicyclic amines) is 1. The minimum atomic E-state index is -0.0112. The molecule has 0 bridgehead atoms. The minimum absolute atomic E-state index is 0.0112. The Hall–Kier alpha value is -2.86. The molecule has 1 fully saturated rings. The molecule has 0 atom stereocenters. The van der Waals surface area contributed by atoms with Crippen LogP contribution in [0.2, 0.25) is 0 Å². The van der Waals surface area contributed by atoms with Crippen molar-refractivity contribution in [3.63, 3.8) is 0 Å². The third-order valence-corrected chi connectivity index (χ3v) is 6.04. The largest absolute Gasteiger partial charge is 0.339 e. The first-order valence-electron chi connectivity index (χ1n) is 9.73. The van der Waals surface area contributed by atoms with Crippen LogP contribution in [-0.4, -0.2) is 45.5 Å². The maximum atomic E-state index is 13.0. The minimum Gasteiger partial charge on any atom is -0.339 e. The molecule has 0 radical (unpaired) electrons. The monoisotopic (exact) mass is 405 g/mol. The highest BCUT2D eigenvalue weighted by Crippen LogP contribution is 2.24. The summed E-state index contributed by atoms with van der Waals surface area (Å²) >= 11 is 1.56. The summed E-state index contributed by atoms with van der Waals surface area (Å²) in [7, 11) is 0. The first-order valence-corrected chi connectivity index (χ1v) is 11.0. The molecule has 4 rings (SSSR count). The number of benzene rings is 2. The van der Waals surface area contributed by atoms with Crippen molar-refractivity contribution < 1.29 is 9.59 Å². The van der Waals surface area contributed by atoms with E-state index in [1.54, 1.807) is 18.0 Å². The maximum absolute atomic E-state index is 13.0. The summed E-state index contributed by atoms with van der Waals surface area (Å²) in [5, 5.41) is 0.884. The summed E-state index contributed by atoms with van der Waals surface area (Å²) in [6.45, 7) is 1.21. The molecular weight excluding hydrogens is 382 g/mol. The van der Waals surface area contributed by atoms with Gasteiger partial charge in [0, 0.05) is 48.2 Å². The maximum Gasteiger partial charge on any atom is 0.253 e. The van der Waals surface area contributed by atoms with Crippen molar-refractivity contribution >= 4 is 23.5 Å². The molecule has 0 unspecified atom stereocenters. The predicted molar refractivity (Wildman–Crippen MR) is 115 cm³/mol. The number of hydrogen-bond acceptors (Lipinski definition) is 4. The number of carbonyl (C=O) groups is 2. The number of amides is 1. The lowest BCUT2D eigenvalue weighted by molar-refractivity contribution is 0.0650. The molecule has 0 spiro atoms. The summed E-state index contributed by atoms with van der Waals surface area (Å²) < 4.78 is 1.98. The molecule has 29 heavy (non-hydrogen) atoms. The van der Waals surface area contributed by atoms with Gasteiger partial charge in [0.05, 0.1) is 0 Å². The zero-order chi connectivity index (χ0) is 20.2. The first-order chi connectivity index (χ1) is 14.2. The van der Waals surface area contributed by atoms with Crippen molar-refractivity contribution in [2.75, 3.05) is 19.3 Å². The normalized spacial score (nSPS) is 14.7. The van der Waals surface area contributed by atoms with E-state index in [2.05, 4.69) is 4.98 Å². The summed E-state index contributed by atoms with van der Waals surface area (Å²) in [6, 6.07) is 17.1. The average molecular weight is 406 g/mol. The summed E-state index contributed by atoms with van der Waals surface area (Å²) in [5.41, 5.74) is 2.35. The van der Waals surface area contributed by atoms with Crippen molar-refractivity contribution in [3.8, 4) is 5.69 Å². The van der Waals surface area contributed by atoms with Gasteiger partial charge in [-0.2, -0.15) is 0 Å². The highest BCUT2D eigenvalue weighted by molar-refractivity contribution is 7.98. The summed E-state index contributed by atoms with van der Waals surface area (Å²) in [5.74, 6) is 0.190. The van der Waals surface area contributed by atoms with Gasteiger partial charge in [0.2, 0.25) is 0 Å². The second-order valence-electron chi connectivity index (χ2n) is 7.13. The quantitative estimate of drug-likeness (QED) is 0.468. The lowest BCUT2D eigenvalue weighted by Gasteiger charge is -2.31. The van der Waals surface area contributed by atoms with E-state index >= 15 is 0 Å². The van der Waals surface area contributed by atoms with Gasteiger partial charge in [-0.15, -0.1) is 0 Å². The van der Waals surface area contributed by atoms with Gasteiger partial charge in [-0.1, -0.05) is 48.2 Å². The second kappa shape index (κ2) is 8.66. The van der Waals surface area contributed by atoms with Crippen LogP contribution in [0, 0.1) is 5.92 Å². The fraction of sp³-hybridized carbons (Fsp3) is 0.261. The fourth-order valence-electron chi connectivity index (χ4n) is 3.79. The molecule has 2 aromatic carbocycles. The van der Waals surface area contributed by atoms with Gasteiger partial charge in [-0.05, 0) is 37.3 Å². The van der Waals surface area contributed by atoms with E-state index in [4.69, 9.17) is 0 Å². The van der Waals surface area contributed by atoms with Crippen LogP contribution in [0.4, 0.5) is 0 Å². The predicted octanol–water partition coefficient (Wildman–Crippen LogP) is 4.33. The van der Waals surface area contributed by atoms with Gasteiger partial charge in [0.15, 0.2) is 10.9 Å². The Morgan fingerprint density at radius 2 is 1.72 bits per heavy atom. The molecule has 1 aromatic heterocycles. The van der Waals surface area contributed by atoms with E-state index in [0.717, 1.165) is 16.4 Å². The fourth-order valence-corrected chi connectivity index (χ4v) is 4.32. The van der Waals surface area contributed by atoms with Crippen LogP contribution in [0.3, 0.4) is 0 Å². The Balaban J connectivity index is 1.44. The molecular formula is C23H23N3O2S. The Labute approximate surface area is 174 Å². The topological polar surface area (TPSA) is 55.2 Å². The standard InChI is InChI=1S/C23H23N3O2S/c1-29-23-24-12-15-26(23)20-9-5-8-19(16-20)22(28)25-13-10-18(11-14-25)21(27)17-6-3-2-4-7-17/h2-9,12,15-16,18H,10-11,13-14H2,1H3. The Morgan fingerprint density at radius 3 is 2.45 bits per heavy atom. The Bertz CT molecular complexity index is 1010. The average Bonchev–Trinajstić information content (AvgIpc) is 3.28. The van der Waals surface area contributed by atoms with Gasteiger partial charge in [0.25, 0.3) is 5.91 Å². The molecule has 148 valence electrons. The van der Waals surface area contributed by atoms with Crippen molar-refractivity contribution in [1.29, 1.82) is 0 Å². The lowest BCUT2D eigenvalue weighted by Crippen LogP contribution is -2.40. The lowest BCUT2D eigenvalue weighted by atomic mass is 9.88. The second-order valence-corrected chi connectivity index (χ2v) is 7.90. The first kappa shape index (κ1) is 19.5. The van der Waals surface area contributed by atoms with E-state index in [-0.39, 0.29) is 17.6 Å². The highest BCUT2D eigenvalue weighted by atomic mass is 32.2. The molecule has 1 amide bonds. The number of imidazole rings is 1. The number of ketones is 1. The van der Waals surface area contributed by atoms with E-state index in [1.807, 2.05) is 76.5 Å². The van der Waals surface area contributed by atoms with E-state index < -0.39 is 0 Å². The third kappa shape index (κ3) is 4.12. The van der Waals surface area contributed by atoms with Crippen LogP contribution in [0.1, 0.15) is 33.6 Å². The van der Waals surface area contributed by atoms with Gasteiger partial charge in [-0.3, -0.25) is 14.2 Å². The van der Waals surface area contributed by atoms with Gasteiger partial charge < -0.3 is 4.90 Å². The molecule has 0 saturated carbocycles. The molecule has 1 aliphatic rings. The van der Waals surface area contributed by atoms with Crippen LogP contribution in [0.5, 0.6) is 0 Å². The van der Waals surface area contributed by atoms with E-state index in [9.17, 15) is 9.59 Å². The van der Waals surface area contributed by atoms with E-state index in [0.29, 0.717) is 31.5 Å². The molecule has 6 heteroatoms. The molecule has 1 saturated heterocycles. The Kier molecular flexibility index (Phi) is 5.81. The number of thioether (sulfide) groups is 1. The van der Waals surface area contributed by atoms with Crippen LogP contribution in [0.25, 0.3) is 5.69 Å².